The number of imidazole rings is 1. The summed E-state index contributed by atoms with van der Waals surface area (Å²) in [6, 6.07) is 0. The normalized spacial score (nSPS) is 11.4. The Morgan fingerprint density at radius 2 is 1.90 bits per heavy atom. The quantitative estimate of drug-likeness (QED) is 0.778. The van der Waals surface area contributed by atoms with Gasteiger partial charge in [-0.25, -0.2) is 9.78 Å². The van der Waals surface area contributed by atoms with Gasteiger partial charge in [-0.15, -0.1) is 0 Å². The Morgan fingerprint density at radius 3 is 2.50 bits per heavy atom. The summed E-state index contributed by atoms with van der Waals surface area (Å²) in [5.74, 6) is 0.748. The fraction of sp³-hybridized carbons (Fsp3) is 0.615. The van der Waals surface area contributed by atoms with E-state index in [0.717, 1.165) is 18.7 Å². The number of hydrogen-bond acceptors (Lipinski definition) is 4. The molecular weight excluding hydrogens is 258 g/mol. The minimum absolute atomic E-state index is 0.265. The van der Waals surface area contributed by atoms with E-state index < -0.39 is 0 Å². The first-order valence-corrected chi connectivity index (χ1v) is 6.89. The van der Waals surface area contributed by atoms with E-state index in [2.05, 4.69) is 4.98 Å². The lowest BCUT2D eigenvalue weighted by atomic mass is 10.3. The Kier molecular flexibility index (Phi) is 4.08. The van der Waals surface area contributed by atoms with Crippen molar-refractivity contribution in [3.8, 4) is 0 Å². The molecule has 0 fully saturated rings. The maximum atomic E-state index is 12.5. The van der Waals surface area contributed by atoms with Crippen molar-refractivity contribution in [3.05, 3.63) is 26.7 Å². The molecule has 0 atom stereocenters. The first-order chi connectivity index (χ1) is 9.52. The average Bonchev–Trinajstić information content (AvgIpc) is 2.75. The van der Waals surface area contributed by atoms with E-state index >= 15 is 0 Å². The smallest absolute Gasteiger partial charge is 0.330 e. The minimum Gasteiger partial charge on any atom is -0.330 e. The van der Waals surface area contributed by atoms with E-state index in [9.17, 15) is 9.59 Å². The van der Waals surface area contributed by atoms with E-state index in [1.54, 1.807) is 14.0 Å². The standard InChI is InChI=1S/C13H21N5O2/c1-4-17-12(19)10-11(16(3)13(17)20)15-9(2)18(10)8-6-5-7-14/h4-8,14H2,1-3H3. The molecule has 0 saturated heterocycles. The van der Waals surface area contributed by atoms with Crippen LogP contribution in [0.4, 0.5) is 0 Å². The summed E-state index contributed by atoms with van der Waals surface area (Å²) in [6.45, 7) is 5.31. The number of aryl methyl sites for hydroxylation is 3. The van der Waals surface area contributed by atoms with Gasteiger partial charge in [0.25, 0.3) is 5.56 Å². The summed E-state index contributed by atoms with van der Waals surface area (Å²) >= 11 is 0. The van der Waals surface area contributed by atoms with Crippen LogP contribution in [-0.4, -0.2) is 25.2 Å². The maximum absolute atomic E-state index is 12.5. The van der Waals surface area contributed by atoms with Crippen molar-refractivity contribution in [3.63, 3.8) is 0 Å². The highest BCUT2D eigenvalue weighted by Gasteiger charge is 2.17. The fourth-order valence-corrected chi connectivity index (χ4v) is 2.45. The second-order valence-electron chi connectivity index (χ2n) is 4.87. The second kappa shape index (κ2) is 5.62. The van der Waals surface area contributed by atoms with Crippen LogP contribution in [0.5, 0.6) is 0 Å². The van der Waals surface area contributed by atoms with Crippen molar-refractivity contribution in [1.82, 2.24) is 18.7 Å². The zero-order chi connectivity index (χ0) is 14.9. The molecule has 2 N–H and O–H groups in total. The molecule has 2 aromatic heterocycles. The Labute approximate surface area is 116 Å². The second-order valence-corrected chi connectivity index (χ2v) is 4.87. The maximum Gasteiger partial charge on any atom is 0.332 e. The minimum atomic E-state index is -0.323. The lowest BCUT2D eigenvalue weighted by molar-refractivity contribution is 0.602. The van der Waals surface area contributed by atoms with Gasteiger partial charge in [0, 0.05) is 20.1 Å². The van der Waals surface area contributed by atoms with Crippen molar-refractivity contribution in [1.29, 1.82) is 0 Å². The largest absolute Gasteiger partial charge is 0.332 e. The summed E-state index contributed by atoms with van der Waals surface area (Å²) in [6.07, 6.45) is 1.78. The van der Waals surface area contributed by atoms with Gasteiger partial charge in [-0.3, -0.25) is 13.9 Å². The van der Waals surface area contributed by atoms with E-state index in [1.807, 2.05) is 11.5 Å². The van der Waals surface area contributed by atoms with Crippen molar-refractivity contribution < 1.29 is 0 Å². The van der Waals surface area contributed by atoms with Crippen molar-refractivity contribution >= 4 is 11.2 Å². The molecule has 0 aromatic carbocycles. The Morgan fingerprint density at radius 1 is 1.20 bits per heavy atom. The summed E-state index contributed by atoms with van der Waals surface area (Å²) in [5.41, 5.74) is 5.87. The predicted molar refractivity (Wildman–Crippen MR) is 77.9 cm³/mol. The summed E-state index contributed by atoms with van der Waals surface area (Å²) in [7, 11) is 1.65. The fourth-order valence-electron chi connectivity index (χ4n) is 2.45. The molecule has 0 unspecified atom stereocenters. The predicted octanol–water partition coefficient (Wildman–Crippen LogP) is -0.0361. The molecule has 0 aliphatic carbocycles. The molecule has 7 nitrogen and oxygen atoms in total. The third-order valence-corrected chi connectivity index (χ3v) is 3.58. The summed E-state index contributed by atoms with van der Waals surface area (Å²) < 4.78 is 4.56. The van der Waals surface area contributed by atoms with Crippen molar-refractivity contribution in [2.75, 3.05) is 6.54 Å². The van der Waals surface area contributed by atoms with Crippen LogP contribution in [0.3, 0.4) is 0 Å². The highest BCUT2D eigenvalue weighted by atomic mass is 16.2. The van der Waals surface area contributed by atoms with E-state index in [4.69, 9.17) is 5.73 Å². The summed E-state index contributed by atoms with van der Waals surface area (Å²) in [5, 5.41) is 0. The van der Waals surface area contributed by atoms with Gasteiger partial charge in [-0.05, 0) is 33.2 Å². The molecule has 0 saturated carbocycles. The van der Waals surface area contributed by atoms with Gasteiger partial charge in [0.05, 0.1) is 0 Å². The number of aromatic nitrogens is 4. The van der Waals surface area contributed by atoms with Crippen molar-refractivity contribution in [2.45, 2.75) is 39.8 Å². The number of nitrogens with zero attached hydrogens (tertiary/aromatic N) is 4. The van der Waals surface area contributed by atoms with Gasteiger partial charge >= 0.3 is 5.69 Å². The average molecular weight is 279 g/mol. The molecule has 2 aromatic rings. The molecule has 0 amide bonds. The van der Waals surface area contributed by atoms with E-state index in [-0.39, 0.29) is 11.2 Å². The third-order valence-electron chi connectivity index (χ3n) is 3.58. The van der Waals surface area contributed by atoms with E-state index in [1.165, 1.54) is 9.13 Å². The van der Waals surface area contributed by atoms with Crippen LogP contribution in [0.15, 0.2) is 9.59 Å². The molecule has 0 aliphatic rings. The van der Waals surface area contributed by atoms with Gasteiger partial charge in [0.15, 0.2) is 11.2 Å². The molecule has 0 bridgehead atoms. The first-order valence-electron chi connectivity index (χ1n) is 6.89. The molecule has 0 spiro atoms. The Bertz CT molecular complexity index is 738. The van der Waals surface area contributed by atoms with Gasteiger partial charge in [-0.1, -0.05) is 0 Å². The van der Waals surface area contributed by atoms with Crippen LogP contribution in [0.2, 0.25) is 0 Å². The molecule has 7 heteroatoms. The van der Waals surface area contributed by atoms with Gasteiger partial charge in [0.2, 0.25) is 0 Å². The molecular formula is C13H21N5O2. The monoisotopic (exact) mass is 279 g/mol. The van der Waals surface area contributed by atoms with Crippen LogP contribution in [0, 0.1) is 6.92 Å². The molecule has 2 heterocycles. The zero-order valence-electron chi connectivity index (χ0n) is 12.2. The highest BCUT2D eigenvalue weighted by molar-refractivity contribution is 5.70. The number of nitrogens with two attached hydrogens (primary N) is 1. The number of hydrogen-bond donors (Lipinski definition) is 1. The lowest BCUT2D eigenvalue weighted by Gasteiger charge is -2.08. The van der Waals surface area contributed by atoms with Gasteiger partial charge in [-0.2, -0.15) is 0 Å². The van der Waals surface area contributed by atoms with Crippen molar-refractivity contribution in [2.24, 2.45) is 12.8 Å². The molecule has 0 aliphatic heterocycles. The summed E-state index contributed by atoms with van der Waals surface area (Å²) in [4.78, 5) is 28.9. The van der Waals surface area contributed by atoms with Crippen LogP contribution in [-0.2, 0) is 20.1 Å². The van der Waals surface area contributed by atoms with E-state index in [0.29, 0.717) is 30.8 Å². The third kappa shape index (κ3) is 2.18. The molecule has 2 rings (SSSR count). The Balaban J connectivity index is 2.71. The van der Waals surface area contributed by atoms with Crippen LogP contribution >= 0.6 is 0 Å². The number of fused-ring (bicyclic) bond motifs is 1. The number of rotatable bonds is 5. The van der Waals surface area contributed by atoms with Crippen LogP contribution < -0.4 is 17.0 Å². The molecule has 0 radical (unpaired) electrons. The Hall–Kier alpha value is -1.89. The molecule has 110 valence electrons. The SMILES string of the molecule is CCn1c(=O)c2c(nc(C)n2CCCCN)n(C)c1=O. The lowest BCUT2D eigenvalue weighted by Crippen LogP contribution is -2.39. The van der Waals surface area contributed by atoms with Gasteiger partial charge in [0.1, 0.15) is 5.82 Å². The molecule has 20 heavy (non-hydrogen) atoms. The highest BCUT2D eigenvalue weighted by Crippen LogP contribution is 2.11. The van der Waals surface area contributed by atoms with Crippen LogP contribution in [0.25, 0.3) is 11.2 Å². The first kappa shape index (κ1) is 14.5. The van der Waals surface area contributed by atoms with Gasteiger partial charge < -0.3 is 10.3 Å². The van der Waals surface area contributed by atoms with Crippen LogP contribution in [0.1, 0.15) is 25.6 Å². The number of unbranched alkanes of at least 4 members (excludes halogenated alkanes) is 1. The topological polar surface area (TPSA) is 87.8 Å². The zero-order valence-corrected chi connectivity index (χ0v) is 12.2.